The lowest BCUT2D eigenvalue weighted by Gasteiger charge is -2.21. The van der Waals surface area contributed by atoms with Gasteiger partial charge in [-0.1, -0.05) is 8.78 Å². The zero-order chi connectivity index (χ0) is 7.65. The Morgan fingerprint density at radius 3 is 1.11 bits per heavy atom. The highest BCUT2D eigenvalue weighted by molar-refractivity contribution is 4.14. The summed E-state index contributed by atoms with van der Waals surface area (Å²) in [5.41, 5.74) is 0. The van der Waals surface area contributed by atoms with Gasteiger partial charge >= 0.3 is 6.17 Å². The third-order valence-corrected chi connectivity index (χ3v) is 1.26. The summed E-state index contributed by atoms with van der Waals surface area (Å²) < 4.78 is 25.2. The monoisotopic (exact) mass is 140 g/mol. The van der Waals surface area contributed by atoms with E-state index in [-0.39, 0.29) is 9.80 Å². The van der Waals surface area contributed by atoms with Crippen LogP contribution in [0.1, 0.15) is 0 Å². The van der Waals surface area contributed by atoms with E-state index >= 15 is 0 Å². The van der Waals surface area contributed by atoms with E-state index in [0.29, 0.717) is 0 Å². The molecule has 0 atom stereocenters. The molecule has 0 bridgehead atoms. The van der Waals surface area contributed by atoms with Crippen LogP contribution in [-0.2, 0) is 0 Å². The van der Waals surface area contributed by atoms with Crippen LogP contribution in [0, 0.1) is 0 Å². The summed E-state index contributed by atoms with van der Waals surface area (Å²) in [6.07, 6.45) is -2.67. The highest BCUT2D eigenvalue weighted by atomic mass is 19.3. The molecule has 2 nitrogen and oxygen atoms in total. The van der Waals surface area contributed by atoms with Crippen molar-refractivity contribution in [3.63, 3.8) is 0 Å². The number of alkyl halides is 2. The van der Waals surface area contributed by atoms with Crippen molar-refractivity contribution in [1.82, 2.24) is 0 Å². The van der Waals surface area contributed by atoms with Gasteiger partial charge in [-0.3, -0.25) is 0 Å². The van der Waals surface area contributed by atoms with Gasteiger partial charge in [-0.2, -0.15) is 0 Å². The molecule has 0 radical (unpaired) electrons. The molecule has 0 aromatic carbocycles. The van der Waals surface area contributed by atoms with Crippen molar-refractivity contribution in [2.75, 3.05) is 28.2 Å². The van der Waals surface area contributed by atoms with E-state index < -0.39 is 6.17 Å². The first-order valence-electron chi connectivity index (χ1n) is 2.88. The van der Waals surface area contributed by atoms with E-state index in [2.05, 4.69) is 0 Å². The van der Waals surface area contributed by atoms with Gasteiger partial charge in [0.15, 0.2) is 0 Å². The summed E-state index contributed by atoms with van der Waals surface area (Å²) in [6.45, 7) is 0. The molecule has 0 fully saturated rings. The van der Waals surface area contributed by atoms with Crippen LogP contribution in [0.4, 0.5) is 8.78 Å². The fourth-order valence-corrected chi connectivity index (χ4v) is 0.500. The van der Waals surface area contributed by atoms with E-state index in [1.54, 1.807) is 0 Å². The lowest BCUT2D eigenvalue weighted by atomic mass is 10.7. The van der Waals surface area contributed by atoms with Crippen molar-refractivity contribution < 1.29 is 18.6 Å². The fourth-order valence-electron chi connectivity index (χ4n) is 0.500. The molecule has 0 aromatic heterocycles. The van der Waals surface area contributed by atoms with Crippen LogP contribution in [0.5, 0.6) is 0 Å². The number of hydrogen-bond donors (Lipinski definition) is 2. The third-order valence-electron chi connectivity index (χ3n) is 1.26. The van der Waals surface area contributed by atoms with Crippen molar-refractivity contribution >= 4 is 0 Å². The Hall–Kier alpha value is -0.220. The Balaban J connectivity index is 4.01. The standard InChI is InChI=1S/C5H12F2N2/c1-8(2)5(6,7)9(3)4/h1-4H3/p+2. The van der Waals surface area contributed by atoms with Crippen LogP contribution in [0.3, 0.4) is 0 Å². The first-order valence-corrected chi connectivity index (χ1v) is 2.88. The second-order valence-electron chi connectivity index (χ2n) is 2.57. The molecule has 0 amide bonds. The van der Waals surface area contributed by atoms with E-state index in [1.165, 1.54) is 28.2 Å². The molecule has 56 valence electrons. The van der Waals surface area contributed by atoms with Crippen molar-refractivity contribution in [3.05, 3.63) is 0 Å². The lowest BCUT2D eigenvalue weighted by molar-refractivity contribution is -1.17. The number of halogens is 2. The number of nitrogens with one attached hydrogen (secondary N) is 2. The fraction of sp³-hybridized carbons (Fsp3) is 1.00. The van der Waals surface area contributed by atoms with Crippen LogP contribution in [0.25, 0.3) is 0 Å². The van der Waals surface area contributed by atoms with Gasteiger partial charge in [-0.05, 0) is 0 Å². The van der Waals surface area contributed by atoms with Crippen LogP contribution in [-0.4, -0.2) is 34.4 Å². The summed E-state index contributed by atoms with van der Waals surface area (Å²) in [5.74, 6) is 0. The zero-order valence-corrected chi connectivity index (χ0v) is 6.26. The van der Waals surface area contributed by atoms with E-state index in [0.717, 1.165) is 0 Å². The number of rotatable bonds is 2. The second kappa shape index (κ2) is 2.58. The predicted molar refractivity (Wildman–Crippen MR) is 30.6 cm³/mol. The van der Waals surface area contributed by atoms with Crippen LogP contribution >= 0.6 is 0 Å². The van der Waals surface area contributed by atoms with Gasteiger partial charge in [0.05, 0.1) is 28.2 Å². The van der Waals surface area contributed by atoms with Gasteiger partial charge in [0.2, 0.25) is 0 Å². The molecule has 0 saturated heterocycles. The molecule has 2 N–H and O–H groups in total. The maximum absolute atomic E-state index is 12.6. The Labute approximate surface area is 54.0 Å². The lowest BCUT2D eigenvalue weighted by Crippen LogP contribution is -3.35. The molecule has 0 rings (SSSR count). The minimum absolute atomic E-state index is 0.155. The quantitative estimate of drug-likeness (QED) is 0.319. The van der Waals surface area contributed by atoms with Gasteiger partial charge < -0.3 is 0 Å². The summed E-state index contributed by atoms with van der Waals surface area (Å²) in [6, 6.07) is 0. The largest absolute Gasteiger partial charge is 0.543 e. The van der Waals surface area contributed by atoms with E-state index in [1.807, 2.05) is 0 Å². The number of hydrogen-bond acceptors (Lipinski definition) is 0. The molecule has 0 aromatic rings. The molecule has 4 heteroatoms. The molecule has 0 unspecified atom stereocenters. The minimum atomic E-state index is -2.67. The van der Waals surface area contributed by atoms with Crippen LogP contribution < -0.4 is 9.80 Å². The average molecular weight is 140 g/mol. The summed E-state index contributed by atoms with van der Waals surface area (Å²) in [4.78, 5) is 0.310. The molecule has 0 aliphatic heterocycles. The first-order chi connectivity index (χ1) is 3.89. The van der Waals surface area contributed by atoms with Gasteiger partial charge in [0.1, 0.15) is 0 Å². The van der Waals surface area contributed by atoms with E-state index in [9.17, 15) is 8.78 Å². The summed E-state index contributed by atoms with van der Waals surface area (Å²) in [7, 11) is 5.75. The SMILES string of the molecule is C[NH+](C)C(F)(F)[NH+](C)C. The topological polar surface area (TPSA) is 8.88 Å². The van der Waals surface area contributed by atoms with Gasteiger partial charge in [0.25, 0.3) is 0 Å². The second-order valence-corrected chi connectivity index (χ2v) is 2.57. The molecule has 0 heterocycles. The molecule has 9 heavy (non-hydrogen) atoms. The van der Waals surface area contributed by atoms with Crippen molar-refractivity contribution in [2.24, 2.45) is 0 Å². The highest BCUT2D eigenvalue weighted by Gasteiger charge is 2.44. The van der Waals surface area contributed by atoms with Gasteiger partial charge in [0, 0.05) is 0 Å². The van der Waals surface area contributed by atoms with E-state index in [4.69, 9.17) is 0 Å². The van der Waals surface area contributed by atoms with Crippen LogP contribution in [0.2, 0.25) is 0 Å². The Kier molecular flexibility index (Phi) is 2.51. The van der Waals surface area contributed by atoms with Crippen LogP contribution in [0.15, 0.2) is 0 Å². The Bertz CT molecular complexity index is 81.0. The predicted octanol–water partition coefficient (Wildman–Crippen LogP) is -2.17. The molecular formula is C5H14F2N2+2. The Morgan fingerprint density at radius 1 is 0.889 bits per heavy atom. The molecule has 0 aliphatic rings. The normalized spacial score (nSPS) is 13.3. The summed E-state index contributed by atoms with van der Waals surface area (Å²) in [5, 5.41) is 0. The van der Waals surface area contributed by atoms with Gasteiger partial charge in [-0.25, -0.2) is 9.80 Å². The molecule has 0 saturated carbocycles. The van der Waals surface area contributed by atoms with Crippen molar-refractivity contribution in [1.29, 1.82) is 0 Å². The molecule has 0 spiro atoms. The molecule has 0 aliphatic carbocycles. The smallest absolute Gasteiger partial charge is 0.225 e. The maximum atomic E-state index is 12.6. The third kappa shape index (κ3) is 1.87. The highest BCUT2D eigenvalue weighted by Crippen LogP contribution is 1.88. The van der Waals surface area contributed by atoms with Gasteiger partial charge in [-0.15, -0.1) is 0 Å². The van der Waals surface area contributed by atoms with Crippen molar-refractivity contribution in [2.45, 2.75) is 6.17 Å². The average Bonchev–Trinajstić information content (AvgIpc) is 1.65. The first kappa shape index (κ1) is 8.78. The molecular weight excluding hydrogens is 126 g/mol. The zero-order valence-electron chi connectivity index (χ0n) is 6.26. The van der Waals surface area contributed by atoms with Crippen molar-refractivity contribution in [3.8, 4) is 0 Å². The Morgan fingerprint density at radius 2 is 1.11 bits per heavy atom. The minimum Gasteiger partial charge on any atom is -0.225 e. The number of quaternary nitrogens is 2. The maximum Gasteiger partial charge on any atom is 0.543 e. The summed E-state index contributed by atoms with van der Waals surface area (Å²) >= 11 is 0.